The fraction of sp³-hybridized carbons (Fsp3) is 0.684. The molecule has 126 valence electrons. The van der Waals surface area contributed by atoms with E-state index in [2.05, 4.69) is 56.1 Å². The molecule has 1 unspecified atom stereocenters. The van der Waals surface area contributed by atoms with Crippen molar-refractivity contribution >= 4 is 0 Å². The molecule has 0 aliphatic heterocycles. The molecule has 0 amide bonds. The molecular formula is C19H34N2O. The van der Waals surface area contributed by atoms with E-state index in [1.165, 1.54) is 24.0 Å². The summed E-state index contributed by atoms with van der Waals surface area (Å²) < 4.78 is 5.59. The average molecular weight is 306 g/mol. The van der Waals surface area contributed by atoms with Gasteiger partial charge in [-0.1, -0.05) is 32.9 Å². The van der Waals surface area contributed by atoms with Gasteiger partial charge in [-0.05, 0) is 50.9 Å². The molecule has 1 aromatic carbocycles. The lowest BCUT2D eigenvalue weighted by atomic mass is 10.1. The standard InChI is InChI=1S/C19H34N2O/c1-6-11-21(12-7-2)15-17-9-10-18(19(13-17)22-5)14-20-16(4)8-3/h9-10,13,16,20H,6-8,11-12,14-15H2,1-5H3. The molecule has 0 saturated carbocycles. The van der Waals surface area contributed by atoms with Crippen molar-refractivity contribution in [2.75, 3.05) is 20.2 Å². The van der Waals surface area contributed by atoms with Crippen molar-refractivity contribution in [3.05, 3.63) is 29.3 Å². The van der Waals surface area contributed by atoms with Crippen LogP contribution >= 0.6 is 0 Å². The molecule has 0 bridgehead atoms. The van der Waals surface area contributed by atoms with E-state index in [9.17, 15) is 0 Å². The maximum absolute atomic E-state index is 5.59. The van der Waals surface area contributed by atoms with Crippen LogP contribution in [0.1, 0.15) is 58.1 Å². The molecule has 1 N–H and O–H groups in total. The molecule has 1 atom stereocenters. The van der Waals surface area contributed by atoms with Gasteiger partial charge < -0.3 is 10.1 Å². The number of benzene rings is 1. The lowest BCUT2D eigenvalue weighted by Gasteiger charge is -2.22. The van der Waals surface area contributed by atoms with E-state index in [-0.39, 0.29) is 0 Å². The van der Waals surface area contributed by atoms with Crippen LogP contribution in [0, 0.1) is 0 Å². The molecule has 0 heterocycles. The predicted octanol–water partition coefficient (Wildman–Crippen LogP) is 4.21. The second-order valence-corrected chi connectivity index (χ2v) is 6.11. The quantitative estimate of drug-likeness (QED) is 0.663. The molecule has 0 aromatic heterocycles. The van der Waals surface area contributed by atoms with E-state index < -0.39 is 0 Å². The minimum atomic E-state index is 0.536. The first-order chi connectivity index (χ1) is 10.6. The minimum absolute atomic E-state index is 0.536. The minimum Gasteiger partial charge on any atom is -0.496 e. The maximum atomic E-state index is 5.59. The van der Waals surface area contributed by atoms with Crippen LogP contribution in [0.3, 0.4) is 0 Å². The zero-order chi connectivity index (χ0) is 16.4. The van der Waals surface area contributed by atoms with Crippen molar-refractivity contribution in [1.82, 2.24) is 10.2 Å². The highest BCUT2D eigenvalue weighted by molar-refractivity contribution is 5.37. The van der Waals surface area contributed by atoms with Crippen molar-refractivity contribution in [1.29, 1.82) is 0 Å². The third-order valence-corrected chi connectivity index (χ3v) is 4.09. The van der Waals surface area contributed by atoms with Crippen LogP contribution in [0.15, 0.2) is 18.2 Å². The molecule has 0 spiro atoms. The number of hydrogen-bond donors (Lipinski definition) is 1. The number of methoxy groups -OCH3 is 1. The summed E-state index contributed by atoms with van der Waals surface area (Å²) in [5.74, 6) is 1.00. The highest BCUT2D eigenvalue weighted by Gasteiger charge is 2.09. The van der Waals surface area contributed by atoms with Crippen LogP contribution in [0.4, 0.5) is 0 Å². The van der Waals surface area contributed by atoms with E-state index >= 15 is 0 Å². The molecule has 1 rings (SSSR count). The van der Waals surface area contributed by atoms with E-state index in [0.29, 0.717) is 6.04 Å². The molecule has 0 saturated heterocycles. The number of nitrogens with zero attached hydrogens (tertiary/aromatic N) is 1. The lowest BCUT2D eigenvalue weighted by molar-refractivity contribution is 0.266. The number of rotatable bonds is 11. The van der Waals surface area contributed by atoms with Crippen LogP contribution in [-0.4, -0.2) is 31.1 Å². The molecule has 22 heavy (non-hydrogen) atoms. The van der Waals surface area contributed by atoms with Gasteiger partial charge >= 0.3 is 0 Å². The number of nitrogens with one attached hydrogen (secondary N) is 1. The molecule has 1 aromatic rings. The van der Waals surface area contributed by atoms with Gasteiger partial charge in [0.1, 0.15) is 5.75 Å². The summed E-state index contributed by atoms with van der Waals surface area (Å²) in [6.45, 7) is 13.1. The normalized spacial score (nSPS) is 12.6. The second kappa shape index (κ2) is 10.6. The second-order valence-electron chi connectivity index (χ2n) is 6.11. The first-order valence-corrected chi connectivity index (χ1v) is 8.76. The molecule has 3 nitrogen and oxygen atoms in total. The van der Waals surface area contributed by atoms with Gasteiger partial charge in [0.25, 0.3) is 0 Å². The Morgan fingerprint density at radius 1 is 1.14 bits per heavy atom. The summed E-state index contributed by atoms with van der Waals surface area (Å²) in [4.78, 5) is 2.52. The Morgan fingerprint density at radius 2 is 1.82 bits per heavy atom. The molecule has 0 aliphatic carbocycles. The van der Waals surface area contributed by atoms with Crippen molar-refractivity contribution in [3.8, 4) is 5.75 Å². The summed E-state index contributed by atoms with van der Waals surface area (Å²) in [5.41, 5.74) is 2.58. The molecule has 0 radical (unpaired) electrons. The monoisotopic (exact) mass is 306 g/mol. The zero-order valence-electron chi connectivity index (χ0n) is 15.1. The molecule has 0 fully saturated rings. The summed E-state index contributed by atoms with van der Waals surface area (Å²) in [5, 5.41) is 3.53. The summed E-state index contributed by atoms with van der Waals surface area (Å²) in [7, 11) is 1.77. The van der Waals surface area contributed by atoms with E-state index in [0.717, 1.165) is 38.3 Å². The lowest BCUT2D eigenvalue weighted by Crippen LogP contribution is -2.25. The fourth-order valence-electron chi connectivity index (χ4n) is 2.62. The van der Waals surface area contributed by atoms with Crippen LogP contribution < -0.4 is 10.1 Å². The topological polar surface area (TPSA) is 24.5 Å². The largest absolute Gasteiger partial charge is 0.496 e. The predicted molar refractivity (Wildman–Crippen MR) is 95.4 cm³/mol. The van der Waals surface area contributed by atoms with Crippen molar-refractivity contribution < 1.29 is 4.74 Å². The summed E-state index contributed by atoms with van der Waals surface area (Å²) >= 11 is 0. The van der Waals surface area contributed by atoms with Gasteiger partial charge in [-0.3, -0.25) is 4.90 Å². The highest BCUT2D eigenvalue weighted by Crippen LogP contribution is 2.21. The highest BCUT2D eigenvalue weighted by atomic mass is 16.5. The van der Waals surface area contributed by atoms with Crippen LogP contribution in [0.2, 0.25) is 0 Å². The van der Waals surface area contributed by atoms with Crippen LogP contribution in [0.25, 0.3) is 0 Å². The van der Waals surface area contributed by atoms with Crippen LogP contribution in [-0.2, 0) is 13.1 Å². The van der Waals surface area contributed by atoms with E-state index in [1.54, 1.807) is 7.11 Å². The number of ether oxygens (including phenoxy) is 1. The zero-order valence-corrected chi connectivity index (χ0v) is 15.1. The van der Waals surface area contributed by atoms with Gasteiger partial charge in [-0.2, -0.15) is 0 Å². The van der Waals surface area contributed by atoms with Crippen molar-refractivity contribution in [3.63, 3.8) is 0 Å². The fourth-order valence-corrected chi connectivity index (χ4v) is 2.62. The maximum Gasteiger partial charge on any atom is 0.123 e. The van der Waals surface area contributed by atoms with Crippen LogP contribution in [0.5, 0.6) is 5.75 Å². The third kappa shape index (κ3) is 6.37. The Kier molecular flexibility index (Phi) is 9.17. The number of hydrogen-bond acceptors (Lipinski definition) is 3. The molecule has 0 aliphatic rings. The van der Waals surface area contributed by atoms with Gasteiger partial charge in [0.05, 0.1) is 7.11 Å². The van der Waals surface area contributed by atoms with Crippen molar-refractivity contribution in [2.45, 2.75) is 66.1 Å². The van der Waals surface area contributed by atoms with Gasteiger partial charge in [-0.25, -0.2) is 0 Å². The van der Waals surface area contributed by atoms with E-state index in [4.69, 9.17) is 4.74 Å². The average Bonchev–Trinajstić information content (AvgIpc) is 2.53. The Balaban J connectivity index is 2.73. The Bertz CT molecular complexity index is 414. The first-order valence-electron chi connectivity index (χ1n) is 8.76. The Morgan fingerprint density at radius 3 is 2.36 bits per heavy atom. The SMILES string of the molecule is CCCN(CCC)Cc1ccc(CNC(C)CC)c(OC)c1. The Hall–Kier alpha value is -1.06. The first kappa shape index (κ1) is 19.0. The summed E-state index contributed by atoms with van der Waals surface area (Å²) in [6.07, 6.45) is 3.55. The smallest absolute Gasteiger partial charge is 0.123 e. The van der Waals surface area contributed by atoms with Crippen molar-refractivity contribution in [2.24, 2.45) is 0 Å². The molecular weight excluding hydrogens is 272 g/mol. The van der Waals surface area contributed by atoms with E-state index in [1.807, 2.05) is 0 Å². The van der Waals surface area contributed by atoms with Gasteiger partial charge in [0.2, 0.25) is 0 Å². The third-order valence-electron chi connectivity index (χ3n) is 4.09. The van der Waals surface area contributed by atoms with Gasteiger partial charge in [0.15, 0.2) is 0 Å². The summed E-state index contributed by atoms with van der Waals surface area (Å²) in [6, 6.07) is 7.19. The molecule has 3 heteroatoms. The Labute approximate surface area is 137 Å². The van der Waals surface area contributed by atoms with Gasteiger partial charge in [-0.15, -0.1) is 0 Å². The van der Waals surface area contributed by atoms with Gasteiger partial charge in [0, 0.05) is 24.7 Å².